The molecule has 0 spiro atoms. The van der Waals surface area contributed by atoms with Crippen LogP contribution < -0.4 is 0 Å². The topological polar surface area (TPSA) is 25.8 Å². The summed E-state index contributed by atoms with van der Waals surface area (Å²) in [4.78, 5) is 8.37. The minimum Gasteiger partial charge on any atom is -0.255 e. The number of hydrogen-bond acceptors (Lipinski definition) is 2. The van der Waals surface area contributed by atoms with Crippen LogP contribution in [-0.4, -0.2) is 9.97 Å². The molecule has 104 valence electrons. The summed E-state index contributed by atoms with van der Waals surface area (Å²) in [5.41, 5.74) is 1.83. The van der Waals surface area contributed by atoms with Crippen LogP contribution in [0, 0.1) is 6.07 Å². The van der Waals surface area contributed by atoms with Gasteiger partial charge in [-0.15, -0.1) is 0 Å². The largest absolute Gasteiger partial charge is 0.255 e. The normalized spacial score (nSPS) is 8.55. The molecular weight excluding hydrogens is 454 g/mol. The van der Waals surface area contributed by atoms with E-state index in [2.05, 4.69) is 31.6 Å². The van der Waals surface area contributed by atoms with Gasteiger partial charge in [0.25, 0.3) is 0 Å². The van der Waals surface area contributed by atoms with Crippen LogP contribution in [0.25, 0.3) is 11.4 Å². The summed E-state index contributed by atoms with van der Waals surface area (Å²) >= 11 is 4.72. The Kier molecular flexibility index (Phi) is 9.94. The monoisotopic (exact) mass is 466 g/mol. The van der Waals surface area contributed by atoms with Gasteiger partial charge in [0.2, 0.25) is 0 Å². The molecule has 2 heterocycles. The minimum atomic E-state index is 0.915. The second kappa shape index (κ2) is 11.7. The first-order chi connectivity index (χ1) is 9.97. The molecule has 0 aliphatic rings. The van der Waals surface area contributed by atoms with Crippen molar-refractivity contribution in [3.05, 3.63) is 85.2 Å². The summed E-state index contributed by atoms with van der Waals surface area (Å²) in [5.74, 6) is 0. The molecule has 0 saturated carbocycles. The number of aromatic nitrogens is 2. The molecule has 0 radical (unpaired) electrons. The maximum atomic E-state index is 4.19. The smallest absolute Gasteiger partial charge is 0.0886 e. The fourth-order valence-corrected chi connectivity index (χ4v) is 1.37. The summed E-state index contributed by atoms with van der Waals surface area (Å²) in [7, 11) is 0. The van der Waals surface area contributed by atoms with Crippen molar-refractivity contribution in [3.63, 3.8) is 0 Å². The summed E-state index contributed by atoms with van der Waals surface area (Å²) in [6.45, 7) is 0. The number of pyridine rings is 2. The Morgan fingerprint density at radius 3 is 1.45 bits per heavy atom. The summed E-state index contributed by atoms with van der Waals surface area (Å²) in [5, 5.41) is 0. The number of hydrogen-bond donors (Lipinski definition) is 0. The Balaban J connectivity index is 0.000000211. The van der Waals surface area contributed by atoms with E-state index in [4.69, 9.17) is 0 Å². The minimum absolute atomic E-state index is 0.915. The van der Waals surface area contributed by atoms with Gasteiger partial charge in [0.15, 0.2) is 0 Å². The molecule has 3 rings (SSSR count). The number of nitrogens with zero attached hydrogens (tertiary/aromatic N) is 2. The van der Waals surface area contributed by atoms with Crippen molar-refractivity contribution in [1.82, 2.24) is 9.97 Å². The van der Waals surface area contributed by atoms with Crippen molar-refractivity contribution in [2.45, 2.75) is 0 Å². The van der Waals surface area contributed by atoms with Gasteiger partial charge in [-0.05, 0) is 24.3 Å². The molecule has 0 N–H and O–H groups in total. The SMILES string of the molecule is [Pd+][I].[c-]1ccccc1.c1ccc(-c2ccccn2)nc1. The van der Waals surface area contributed by atoms with Gasteiger partial charge in [-0.2, -0.15) is 36.4 Å². The Morgan fingerprint density at radius 1 is 0.700 bits per heavy atom. The molecule has 2 nitrogen and oxygen atoms in total. The molecule has 0 bridgehead atoms. The predicted octanol–water partition coefficient (Wildman–Crippen LogP) is 4.51. The van der Waals surface area contributed by atoms with Gasteiger partial charge in [-0.25, -0.2) is 0 Å². The van der Waals surface area contributed by atoms with Gasteiger partial charge in [-0.1, -0.05) is 12.1 Å². The van der Waals surface area contributed by atoms with Crippen LogP contribution in [0.2, 0.25) is 0 Å². The number of halogens is 1. The number of rotatable bonds is 1. The van der Waals surface area contributed by atoms with Crippen LogP contribution in [-0.2, 0) is 15.6 Å². The van der Waals surface area contributed by atoms with Gasteiger partial charge in [0.1, 0.15) is 0 Å². The Bertz CT molecular complexity index is 483. The van der Waals surface area contributed by atoms with Crippen molar-refractivity contribution in [3.8, 4) is 11.4 Å². The van der Waals surface area contributed by atoms with Crippen molar-refractivity contribution in [2.24, 2.45) is 0 Å². The van der Waals surface area contributed by atoms with Gasteiger partial charge in [-0.3, -0.25) is 9.97 Å². The molecule has 4 heteroatoms. The quantitative estimate of drug-likeness (QED) is 0.300. The molecule has 2 aromatic heterocycles. The van der Waals surface area contributed by atoms with E-state index in [1.54, 1.807) is 12.4 Å². The van der Waals surface area contributed by atoms with E-state index >= 15 is 0 Å². The van der Waals surface area contributed by atoms with Gasteiger partial charge < -0.3 is 0 Å². The van der Waals surface area contributed by atoms with E-state index in [0.29, 0.717) is 0 Å². The Labute approximate surface area is 141 Å². The summed E-state index contributed by atoms with van der Waals surface area (Å²) in [6, 6.07) is 24.1. The van der Waals surface area contributed by atoms with E-state index in [0.717, 1.165) is 11.4 Å². The fraction of sp³-hybridized carbons (Fsp3) is 0. The summed E-state index contributed by atoms with van der Waals surface area (Å²) in [6.07, 6.45) is 3.54. The van der Waals surface area contributed by atoms with Gasteiger partial charge in [0, 0.05) is 12.4 Å². The van der Waals surface area contributed by atoms with Crippen LogP contribution >= 0.6 is 19.5 Å². The van der Waals surface area contributed by atoms with Crippen LogP contribution in [0.15, 0.2) is 79.1 Å². The zero-order valence-corrected chi connectivity index (χ0v) is 14.3. The van der Waals surface area contributed by atoms with Crippen LogP contribution in [0.5, 0.6) is 0 Å². The third-order valence-corrected chi connectivity index (χ3v) is 2.20. The van der Waals surface area contributed by atoms with Crippen LogP contribution in [0.4, 0.5) is 0 Å². The zero-order chi connectivity index (χ0) is 14.5. The average Bonchev–Trinajstić information content (AvgIpc) is 2.60. The molecule has 0 fully saturated rings. The van der Waals surface area contributed by atoms with Crippen molar-refractivity contribution >= 4 is 19.5 Å². The first-order valence-corrected chi connectivity index (χ1v) is 10.4. The Morgan fingerprint density at radius 2 is 1.20 bits per heavy atom. The van der Waals surface area contributed by atoms with Crippen molar-refractivity contribution < 1.29 is 15.6 Å². The third kappa shape index (κ3) is 6.90. The van der Waals surface area contributed by atoms with Gasteiger partial charge in [0.05, 0.1) is 11.4 Å². The molecule has 0 saturated heterocycles. The maximum Gasteiger partial charge on any atom is 0.0886 e. The number of benzene rings is 1. The van der Waals surface area contributed by atoms with E-state index < -0.39 is 0 Å². The second-order valence-corrected chi connectivity index (χ2v) is 3.51. The molecule has 3 aromatic rings. The first-order valence-electron chi connectivity index (χ1n) is 5.82. The van der Waals surface area contributed by atoms with E-state index in [1.165, 1.54) is 0 Å². The van der Waals surface area contributed by atoms with Crippen molar-refractivity contribution in [2.75, 3.05) is 0 Å². The van der Waals surface area contributed by atoms with Crippen LogP contribution in [0.1, 0.15) is 0 Å². The fourth-order valence-electron chi connectivity index (χ4n) is 1.37. The standard InChI is InChI=1S/C10H8N2.C6H5.HI.Pd/c1-3-7-11-9(5-1)10-6-2-4-8-12-10;1-2-4-6-5-3-1;;/h1-8H;1-5H;1H;/q;-1;;+2/p-1. The molecule has 0 unspecified atom stereocenters. The second-order valence-electron chi connectivity index (χ2n) is 3.51. The first kappa shape index (κ1) is 17.0. The maximum absolute atomic E-state index is 4.19. The summed E-state index contributed by atoms with van der Waals surface area (Å²) < 4.78 is 0. The molecule has 1 aromatic carbocycles. The van der Waals surface area contributed by atoms with E-state index in [-0.39, 0.29) is 0 Å². The van der Waals surface area contributed by atoms with E-state index in [1.807, 2.05) is 86.2 Å². The zero-order valence-electron chi connectivity index (χ0n) is 10.6. The Hall–Kier alpha value is -1.09. The molecule has 20 heavy (non-hydrogen) atoms. The van der Waals surface area contributed by atoms with Crippen LogP contribution in [0.3, 0.4) is 0 Å². The molecular formula is C16H13IN2Pd. The third-order valence-electron chi connectivity index (χ3n) is 2.20. The molecule has 0 atom stereocenters. The van der Waals surface area contributed by atoms with E-state index in [9.17, 15) is 0 Å². The molecule has 0 amide bonds. The van der Waals surface area contributed by atoms with Crippen molar-refractivity contribution in [1.29, 1.82) is 0 Å². The predicted molar refractivity (Wildman–Crippen MR) is 86.8 cm³/mol. The molecule has 0 aliphatic heterocycles. The van der Waals surface area contributed by atoms with Gasteiger partial charge >= 0.3 is 35.1 Å². The molecule has 0 aliphatic carbocycles. The average molecular weight is 467 g/mol.